The number of benzene rings is 3. The Morgan fingerprint density at radius 2 is 1.81 bits per heavy atom. The van der Waals surface area contributed by atoms with E-state index in [1.54, 1.807) is 19.1 Å². The van der Waals surface area contributed by atoms with Gasteiger partial charge >= 0.3 is 0 Å². The number of imidazole rings is 1. The SMILES string of the molecule is CC1=C(C#N)c2nc3cc(Cl)c(Cl)cc3n2C(=O)/C1=N/Nc1ccc2ccccc2c1. The van der Waals surface area contributed by atoms with Crippen molar-refractivity contribution in [3.63, 3.8) is 0 Å². The monoisotopic (exact) mass is 445 g/mol. The number of nitrogens with one attached hydrogen (secondary N) is 1. The number of aromatic nitrogens is 2. The molecule has 0 saturated carbocycles. The van der Waals surface area contributed by atoms with Gasteiger partial charge < -0.3 is 0 Å². The van der Waals surface area contributed by atoms with Gasteiger partial charge in [0.15, 0.2) is 11.5 Å². The summed E-state index contributed by atoms with van der Waals surface area (Å²) in [5.41, 5.74) is 5.45. The maximum absolute atomic E-state index is 13.3. The van der Waals surface area contributed by atoms with Crippen molar-refractivity contribution < 1.29 is 4.79 Å². The topological polar surface area (TPSA) is 83.1 Å². The number of nitrogens with zero attached hydrogens (tertiary/aromatic N) is 4. The molecule has 6 nitrogen and oxygen atoms in total. The molecule has 0 amide bonds. The quantitative estimate of drug-likeness (QED) is 0.388. The van der Waals surface area contributed by atoms with Crippen LogP contribution in [0.3, 0.4) is 0 Å². The molecular formula is C23H13Cl2N5O. The number of allylic oxidation sites excluding steroid dienone is 2. The van der Waals surface area contributed by atoms with Gasteiger partial charge in [-0.2, -0.15) is 10.4 Å². The van der Waals surface area contributed by atoms with Gasteiger partial charge in [0.1, 0.15) is 11.6 Å². The highest BCUT2D eigenvalue weighted by Crippen LogP contribution is 2.33. The van der Waals surface area contributed by atoms with E-state index in [4.69, 9.17) is 23.2 Å². The van der Waals surface area contributed by atoms with Gasteiger partial charge in [-0.15, -0.1) is 0 Å². The fourth-order valence-corrected chi connectivity index (χ4v) is 3.96. The van der Waals surface area contributed by atoms with Crippen molar-refractivity contribution in [3.05, 3.63) is 76.0 Å². The van der Waals surface area contributed by atoms with Crippen LogP contribution in [0.25, 0.3) is 27.4 Å². The average Bonchev–Trinajstić information content (AvgIpc) is 3.12. The lowest BCUT2D eigenvalue weighted by Gasteiger charge is -2.17. The molecule has 0 saturated heterocycles. The molecule has 0 bridgehead atoms. The zero-order valence-corrected chi connectivity index (χ0v) is 17.7. The van der Waals surface area contributed by atoms with Gasteiger partial charge in [-0.25, -0.2) is 4.98 Å². The maximum atomic E-state index is 13.3. The highest BCUT2D eigenvalue weighted by atomic mass is 35.5. The van der Waals surface area contributed by atoms with Crippen LogP contribution < -0.4 is 5.43 Å². The molecule has 2 heterocycles. The third-order valence-electron chi connectivity index (χ3n) is 5.21. The zero-order valence-electron chi connectivity index (χ0n) is 16.1. The minimum Gasteiger partial charge on any atom is -0.278 e. The molecule has 31 heavy (non-hydrogen) atoms. The molecule has 1 aliphatic heterocycles. The summed E-state index contributed by atoms with van der Waals surface area (Å²) in [6, 6.07) is 19.0. The van der Waals surface area contributed by atoms with Crippen molar-refractivity contribution in [3.8, 4) is 6.07 Å². The second-order valence-corrected chi connectivity index (χ2v) is 7.89. The summed E-state index contributed by atoms with van der Waals surface area (Å²) in [5.74, 6) is -0.149. The minimum absolute atomic E-state index is 0.127. The van der Waals surface area contributed by atoms with Crippen molar-refractivity contribution >= 4 is 67.9 Å². The van der Waals surface area contributed by atoms with Gasteiger partial charge in [0.2, 0.25) is 0 Å². The van der Waals surface area contributed by atoms with Gasteiger partial charge in [-0.05, 0) is 42.0 Å². The first-order chi connectivity index (χ1) is 15.0. The number of carbonyl (C=O) groups is 1. The van der Waals surface area contributed by atoms with Crippen molar-refractivity contribution in [2.24, 2.45) is 5.10 Å². The second-order valence-electron chi connectivity index (χ2n) is 7.08. The predicted octanol–water partition coefficient (Wildman–Crippen LogP) is 5.92. The fourth-order valence-electron chi connectivity index (χ4n) is 3.64. The highest BCUT2D eigenvalue weighted by molar-refractivity contribution is 6.50. The van der Waals surface area contributed by atoms with E-state index in [0.29, 0.717) is 26.7 Å². The third kappa shape index (κ3) is 3.07. The number of anilines is 1. The van der Waals surface area contributed by atoms with Gasteiger partial charge in [0.05, 0.1) is 26.8 Å². The molecule has 0 radical (unpaired) electrons. The molecule has 8 heteroatoms. The molecule has 0 unspecified atom stereocenters. The number of hydrazone groups is 1. The summed E-state index contributed by atoms with van der Waals surface area (Å²) in [7, 11) is 0. The normalized spacial score (nSPS) is 14.9. The van der Waals surface area contributed by atoms with Crippen molar-refractivity contribution in [1.82, 2.24) is 9.55 Å². The number of hydrogen-bond acceptors (Lipinski definition) is 5. The summed E-state index contributed by atoms with van der Waals surface area (Å²) in [5, 5.41) is 16.9. The first-order valence-corrected chi connectivity index (χ1v) is 10.1. The Bertz CT molecular complexity index is 1520. The number of rotatable bonds is 2. The number of hydrogen-bond donors (Lipinski definition) is 1. The van der Waals surface area contributed by atoms with Crippen LogP contribution >= 0.6 is 23.2 Å². The molecule has 0 atom stereocenters. The lowest BCUT2D eigenvalue weighted by atomic mass is 10.0. The van der Waals surface area contributed by atoms with Crippen LogP contribution in [-0.2, 0) is 0 Å². The Balaban J connectivity index is 1.62. The summed E-state index contributed by atoms with van der Waals surface area (Å²) in [6.45, 7) is 1.68. The molecular weight excluding hydrogens is 433 g/mol. The summed E-state index contributed by atoms with van der Waals surface area (Å²) < 4.78 is 1.35. The molecule has 1 aliphatic rings. The summed E-state index contributed by atoms with van der Waals surface area (Å²) in [6.07, 6.45) is 0. The maximum Gasteiger partial charge on any atom is 0.284 e. The molecule has 3 aromatic carbocycles. The van der Waals surface area contributed by atoms with Crippen LogP contribution in [0.15, 0.2) is 65.3 Å². The third-order valence-corrected chi connectivity index (χ3v) is 5.94. The number of carbonyl (C=O) groups excluding carboxylic acids is 1. The smallest absolute Gasteiger partial charge is 0.278 e. The molecule has 1 aromatic heterocycles. The molecule has 4 aromatic rings. The van der Waals surface area contributed by atoms with Gasteiger partial charge in [0, 0.05) is 5.57 Å². The second kappa shape index (κ2) is 7.24. The number of halogens is 2. The predicted molar refractivity (Wildman–Crippen MR) is 124 cm³/mol. The molecule has 0 spiro atoms. The molecule has 5 rings (SSSR count). The van der Waals surface area contributed by atoms with E-state index in [9.17, 15) is 10.1 Å². The van der Waals surface area contributed by atoms with E-state index >= 15 is 0 Å². The van der Waals surface area contributed by atoms with Crippen molar-refractivity contribution in [1.29, 1.82) is 5.26 Å². The van der Waals surface area contributed by atoms with Crippen LogP contribution in [-0.4, -0.2) is 21.2 Å². The Hall–Kier alpha value is -3.66. The fraction of sp³-hybridized carbons (Fsp3) is 0.0435. The molecule has 0 aliphatic carbocycles. The van der Waals surface area contributed by atoms with E-state index < -0.39 is 5.91 Å². The van der Waals surface area contributed by atoms with E-state index in [0.717, 1.165) is 16.5 Å². The largest absolute Gasteiger partial charge is 0.284 e. The molecule has 0 fully saturated rings. The van der Waals surface area contributed by atoms with Crippen molar-refractivity contribution in [2.75, 3.05) is 5.43 Å². The molecule has 1 N–H and O–H groups in total. The first kappa shape index (κ1) is 19.3. The number of nitriles is 1. The highest BCUT2D eigenvalue weighted by Gasteiger charge is 2.32. The number of fused-ring (bicyclic) bond motifs is 4. The van der Waals surface area contributed by atoms with Crippen molar-refractivity contribution in [2.45, 2.75) is 6.92 Å². The van der Waals surface area contributed by atoms with E-state index in [1.165, 1.54) is 4.57 Å². The van der Waals surface area contributed by atoms with Crippen LogP contribution in [0.2, 0.25) is 10.0 Å². The summed E-state index contributed by atoms with van der Waals surface area (Å²) >= 11 is 12.3. The minimum atomic E-state index is -0.402. The van der Waals surface area contributed by atoms with Crippen LogP contribution in [0.5, 0.6) is 0 Å². The standard InChI is InChI=1S/C23H13Cl2N5O/c1-12-16(11-26)22-27-19-9-17(24)18(25)10-20(19)30(22)23(31)21(12)29-28-15-7-6-13-4-2-3-5-14(13)8-15/h2-10,28H,1H3/b29-21+. The Labute approximate surface area is 187 Å². The van der Waals surface area contributed by atoms with Gasteiger partial charge in [-0.3, -0.25) is 14.8 Å². The van der Waals surface area contributed by atoms with Crippen LogP contribution in [0.4, 0.5) is 5.69 Å². The Morgan fingerprint density at radius 3 is 2.58 bits per heavy atom. The first-order valence-electron chi connectivity index (χ1n) is 9.34. The Kier molecular flexibility index (Phi) is 4.51. The van der Waals surface area contributed by atoms with E-state index in [2.05, 4.69) is 21.6 Å². The van der Waals surface area contributed by atoms with Gasteiger partial charge in [-0.1, -0.05) is 53.5 Å². The lowest BCUT2D eigenvalue weighted by Crippen LogP contribution is -2.30. The van der Waals surface area contributed by atoms with Crippen LogP contribution in [0, 0.1) is 11.3 Å². The van der Waals surface area contributed by atoms with Gasteiger partial charge in [0.25, 0.3) is 5.91 Å². The Morgan fingerprint density at radius 1 is 1.06 bits per heavy atom. The van der Waals surface area contributed by atoms with E-state index in [1.807, 2.05) is 42.5 Å². The summed E-state index contributed by atoms with van der Waals surface area (Å²) in [4.78, 5) is 17.8. The average molecular weight is 446 g/mol. The lowest BCUT2D eigenvalue weighted by molar-refractivity contribution is 0.0992. The zero-order chi connectivity index (χ0) is 21.7. The molecule has 150 valence electrons. The van der Waals surface area contributed by atoms with E-state index in [-0.39, 0.29) is 17.1 Å². The van der Waals surface area contributed by atoms with Crippen LogP contribution in [0.1, 0.15) is 17.5 Å².